The van der Waals surface area contributed by atoms with Gasteiger partial charge in [-0.2, -0.15) is 5.10 Å². The van der Waals surface area contributed by atoms with Gasteiger partial charge in [-0.05, 0) is 30.5 Å². The van der Waals surface area contributed by atoms with Crippen LogP contribution in [0.3, 0.4) is 0 Å². The van der Waals surface area contributed by atoms with Crippen molar-refractivity contribution in [2.75, 3.05) is 11.5 Å². The van der Waals surface area contributed by atoms with Crippen LogP contribution < -0.4 is 5.73 Å². The Morgan fingerprint density at radius 1 is 1.47 bits per heavy atom. The van der Waals surface area contributed by atoms with Crippen molar-refractivity contribution in [3.8, 4) is 0 Å². The number of nitrogens with two attached hydrogens (primary N) is 1. The van der Waals surface area contributed by atoms with Crippen LogP contribution in [0, 0.1) is 0 Å². The summed E-state index contributed by atoms with van der Waals surface area (Å²) in [6.45, 7) is 0.455. The first-order valence-corrected chi connectivity index (χ1v) is 8.15. The Morgan fingerprint density at radius 3 is 3.05 bits per heavy atom. The van der Waals surface area contributed by atoms with Gasteiger partial charge < -0.3 is 5.73 Å². The van der Waals surface area contributed by atoms with Gasteiger partial charge in [-0.15, -0.1) is 0 Å². The SMILES string of the molecule is NCc1ccn2nc(C3CCCS(=O)(=O)C3)nc2c1. The lowest BCUT2D eigenvalue weighted by molar-refractivity contribution is 0.543. The van der Waals surface area contributed by atoms with E-state index in [0.29, 0.717) is 18.8 Å². The number of hydrogen-bond donors (Lipinski definition) is 1. The quantitative estimate of drug-likeness (QED) is 0.864. The standard InChI is InChI=1S/C12H16N4O2S/c13-7-9-3-4-16-11(6-9)14-12(15-16)10-2-1-5-19(17,18)8-10/h3-4,6,10H,1-2,5,7-8,13H2. The van der Waals surface area contributed by atoms with Crippen LogP contribution in [0.15, 0.2) is 18.3 Å². The molecule has 2 N–H and O–H groups in total. The van der Waals surface area contributed by atoms with Crippen LogP contribution >= 0.6 is 0 Å². The Hall–Kier alpha value is -1.47. The van der Waals surface area contributed by atoms with Crippen molar-refractivity contribution in [3.63, 3.8) is 0 Å². The van der Waals surface area contributed by atoms with Crippen molar-refractivity contribution in [1.29, 1.82) is 0 Å². The van der Waals surface area contributed by atoms with Crippen molar-refractivity contribution in [1.82, 2.24) is 14.6 Å². The fraction of sp³-hybridized carbons (Fsp3) is 0.500. The molecule has 6 nitrogen and oxygen atoms in total. The van der Waals surface area contributed by atoms with E-state index in [4.69, 9.17) is 5.73 Å². The molecule has 1 aliphatic heterocycles. The third kappa shape index (κ3) is 2.48. The van der Waals surface area contributed by atoms with E-state index in [0.717, 1.165) is 17.6 Å². The monoisotopic (exact) mass is 280 g/mol. The molecule has 0 radical (unpaired) electrons. The second-order valence-electron chi connectivity index (χ2n) is 4.97. The van der Waals surface area contributed by atoms with E-state index in [1.165, 1.54) is 0 Å². The maximum atomic E-state index is 11.7. The molecule has 1 saturated heterocycles. The topological polar surface area (TPSA) is 90.4 Å². The summed E-state index contributed by atoms with van der Waals surface area (Å²) in [5, 5.41) is 4.38. The summed E-state index contributed by atoms with van der Waals surface area (Å²) >= 11 is 0. The van der Waals surface area contributed by atoms with Crippen LogP contribution in [0.1, 0.15) is 30.1 Å². The van der Waals surface area contributed by atoms with Crippen molar-refractivity contribution in [2.45, 2.75) is 25.3 Å². The molecular weight excluding hydrogens is 264 g/mol. The van der Waals surface area contributed by atoms with Crippen molar-refractivity contribution in [3.05, 3.63) is 29.7 Å². The summed E-state index contributed by atoms with van der Waals surface area (Å²) < 4.78 is 25.0. The van der Waals surface area contributed by atoms with Gasteiger partial charge >= 0.3 is 0 Å². The molecule has 102 valence electrons. The minimum atomic E-state index is -2.94. The molecule has 1 fully saturated rings. The third-order valence-corrected chi connectivity index (χ3v) is 5.30. The van der Waals surface area contributed by atoms with Crippen molar-refractivity contribution >= 4 is 15.5 Å². The summed E-state index contributed by atoms with van der Waals surface area (Å²) in [7, 11) is -2.94. The first-order valence-electron chi connectivity index (χ1n) is 6.33. The fourth-order valence-electron chi connectivity index (χ4n) is 2.47. The molecule has 1 unspecified atom stereocenters. The molecule has 0 spiro atoms. The molecule has 3 heterocycles. The molecule has 3 rings (SSSR count). The van der Waals surface area contributed by atoms with E-state index >= 15 is 0 Å². The summed E-state index contributed by atoms with van der Waals surface area (Å²) in [5.74, 6) is 0.986. The lowest BCUT2D eigenvalue weighted by Crippen LogP contribution is -2.24. The van der Waals surface area contributed by atoms with Gasteiger partial charge in [0.25, 0.3) is 0 Å². The Kier molecular flexibility index (Phi) is 3.02. The first kappa shape index (κ1) is 12.6. The van der Waals surface area contributed by atoms with E-state index in [-0.39, 0.29) is 17.4 Å². The Labute approximate surface area is 111 Å². The van der Waals surface area contributed by atoms with Gasteiger partial charge in [0.15, 0.2) is 21.3 Å². The molecule has 2 aromatic rings. The molecule has 2 aromatic heterocycles. The van der Waals surface area contributed by atoms with E-state index in [1.54, 1.807) is 4.52 Å². The second kappa shape index (κ2) is 4.57. The van der Waals surface area contributed by atoms with Crippen molar-refractivity contribution < 1.29 is 8.42 Å². The molecule has 0 amide bonds. The van der Waals surface area contributed by atoms with Gasteiger partial charge in [0, 0.05) is 18.7 Å². The minimum Gasteiger partial charge on any atom is -0.326 e. The molecular formula is C12H16N4O2S. The lowest BCUT2D eigenvalue weighted by Gasteiger charge is -2.18. The minimum absolute atomic E-state index is 0.0834. The highest BCUT2D eigenvalue weighted by Gasteiger charge is 2.28. The van der Waals surface area contributed by atoms with E-state index in [9.17, 15) is 8.42 Å². The normalized spacial score (nSPS) is 22.7. The molecule has 0 bridgehead atoms. The molecule has 0 aliphatic carbocycles. The van der Waals surface area contributed by atoms with Gasteiger partial charge in [0.05, 0.1) is 11.5 Å². The highest BCUT2D eigenvalue weighted by atomic mass is 32.2. The predicted octanol–water partition coefficient (Wildman–Crippen LogP) is 0.480. The molecule has 19 heavy (non-hydrogen) atoms. The number of pyridine rings is 1. The maximum absolute atomic E-state index is 11.7. The number of rotatable bonds is 2. The van der Waals surface area contributed by atoms with Gasteiger partial charge in [-0.1, -0.05) is 0 Å². The summed E-state index contributed by atoms with van der Waals surface area (Å²) in [6.07, 6.45) is 3.34. The molecule has 0 saturated carbocycles. The zero-order valence-corrected chi connectivity index (χ0v) is 11.3. The third-order valence-electron chi connectivity index (χ3n) is 3.48. The summed E-state index contributed by atoms with van der Waals surface area (Å²) in [5.41, 5.74) is 7.30. The van der Waals surface area contributed by atoms with Crippen LogP contribution in [0.4, 0.5) is 0 Å². The number of nitrogens with zero attached hydrogens (tertiary/aromatic N) is 3. The number of fused-ring (bicyclic) bond motifs is 1. The maximum Gasteiger partial charge on any atom is 0.155 e. The van der Waals surface area contributed by atoms with Gasteiger partial charge in [-0.3, -0.25) is 0 Å². The van der Waals surface area contributed by atoms with E-state index in [1.807, 2.05) is 18.3 Å². The molecule has 7 heteroatoms. The predicted molar refractivity (Wildman–Crippen MR) is 71.5 cm³/mol. The van der Waals surface area contributed by atoms with Gasteiger partial charge in [-0.25, -0.2) is 17.9 Å². The summed E-state index contributed by atoms with van der Waals surface area (Å²) in [4.78, 5) is 4.44. The van der Waals surface area contributed by atoms with E-state index < -0.39 is 9.84 Å². The first-order chi connectivity index (χ1) is 9.07. The highest BCUT2D eigenvalue weighted by molar-refractivity contribution is 7.91. The Bertz CT molecular complexity index is 708. The van der Waals surface area contributed by atoms with Crippen LogP contribution in [0.2, 0.25) is 0 Å². The average molecular weight is 280 g/mol. The largest absolute Gasteiger partial charge is 0.326 e. The Balaban J connectivity index is 1.97. The lowest BCUT2D eigenvalue weighted by atomic mass is 10.1. The van der Waals surface area contributed by atoms with Crippen LogP contribution in [-0.2, 0) is 16.4 Å². The smallest absolute Gasteiger partial charge is 0.155 e. The number of aromatic nitrogens is 3. The van der Waals surface area contributed by atoms with Crippen LogP contribution in [0.5, 0.6) is 0 Å². The average Bonchev–Trinajstić information content (AvgIpc) is 2.80. The molecule has 1 aliphatic rings. The zero-order chi connectivity index (χ0) is 13.5. The van der Waals surface area contributed by atoms with Crippen LogP contribution in [0.25, 0.3) is 5.65 Å². The zero-order valence-electron chi connectivity index (χ0n) is 10.5. The Morgan fingerprint density at radius 2 is 2.32 bits per heavy atom. The van der Waals surface area contributed by atoms with Gasteiger partial charge in [0.2, 0.25) is 0 Å². The van der Waals surface area contributed by atoms with E-state index in [2.05, 4.69) is 10.1 Å². The molecule has 1 atom stereocenters. The summed E-state index contributed by atoms with van der Waals surface area (Å²) in [6, 6.07) is 3.77. The van der Waals surface area contributed by atoms with Gasteiger partial charge in [0.1, 0.15) is 0 Å². The number of sulfone groups is 1. The molecule has 0 aromatic carbocycles. The fourth-order valence-corrected chi connectivity index (χ4v) is 4.17. The highest BCUT2D eigenvalue weighted by Crippen LogP contribution is 2.26. The number of hydrogen-bond acceptors (Lipinski definition) is 5. The van der Waals surface area contributed by atoms with Crippen LogP contribution in [-0.4, -0.2) is 34.5 Å². The van der Waals surface area contributed by atoms with Crippen molar-refractivity contribution in [2.24, 2.45) is 5.73 Å². The second-order valence-corrected chi connectivity index (χ2v) is 7.19.